The van der Waals surface area contributed by atoms with Crippen molar-refractivity contribution in [2.75, 3.05) is 18.9 Å². The number of nitrogens with one attached hydrogen (secondary N) is 1. The molecule has 2 bridgehead atoms. The van der Waals surface area contributed by atoms with E-state index in [1.165, 1.54) is 37.2 Å². The summed E-state index contributed by atoms with van der Waals surface area (Å²) in [7, 11) is 2.30. The van der Waals surface area contributed by atoms with Crippen LogP contribution in [0, 0.1) is 5.92 Å². The SMILES string of the molecule is CCc1nsc(NCC2CC3CCC(C2)N3C)n1. The first kappa shape index (κ1) is 12.4. The first-order valence-electron chi connectivity index (χ1n) is 7.04. The van der Waals surface area contributed by atoms with Crippen molar-refractivity contribution in [1.82, 2.24) is 14.3 Å². The van der Waals surface area contributed by atoms with E-state index in [-0.39, 0.29) is 0 Å². The van der Waals surface area contributed by atoms with Gasteiger partial charge in [-0.1, -0.05) is 6.92 Å². The molecule has 2 aliphatic rings. The summed E-state index contributed by atoms with van der Waals surface area (Å²) in [6, 6.07) is 1.66. The molecule has 2 aliphatic heterocycles. The minimum atomic E-state index is 0.813. The molecular weight excluding hydrogens is 244 g/mol. The average Bonchev–Trinajstić information content (AvgIpc) is 2.90. The van der Waals surface area contributed by atoms with E-state index in [4.69, 9.17) is 0 Å². The van der Waals surface area contributed by atoms with Gasteiger partial charge in [-0.05, 0) is 38.6 Å². The summed E-state index contributed by atoms with van der Waals surface area (Å²) >= 11 is 1.50. The van der Waals surface area contributed by atoms with Gasteiger partial charge in [-0.25, -0.2) is 4.98 Å². The van der Waals surface area contributed by atoms with Crippen LogP contribution < -0.4 is 5.32 Å². The Hall–Kier alpha value is -0.680. The lowest BCUT2D eigenvalue weighted by molar-refractivity contribution is 0.139. The van der Waals surface area contributed by atoms with Crippen molar-refractivity contribution < 1.29 is 0 Å². The summed E-state index contributed by atoms with van der Waals surface area (Å²) in [5, 5.41) is 4.48. The fraction of sp³-hybridized carbons (Fsp3) is 0.846. The predicted octanol–water partition coefficient (Wildman–Crippen LogP) is 2.39. The van der Waals surface area contributed by atoms with E-state index in [0.717, 1.165) is 41.9 Å². The molecule has 0 spiro atoms. The van der Waals surface area contributed by atoms with Gasteiger partial charge in [0.05, 0.1) is 0 Å². The number of piperidine rings is 1. The fourth-order valence-corrected chi connectivity index (χ4v) is 4.05. The normalized spacial score (nSPS) is 31.8. The second-order valence-electron chi connectivity index (χ2n) is 5.64. The molecule has 5 heteroatoms. The van der Waals surface area contributed by atoms with E-state index < -0.39 is 0 Å². The Morgan fingerprint density at radius 1 is 1.33 bits per heavy atom. The Labute approximate surface area is 113 Å². The van der Waals surface area contributed by atoms with Crippen molar-refractivity contribution >= 4 is 16.7 Å². The maximum Gasteiger partial charge on any atom is 0.202 e. The minimum Gasteiger partial charge on any atom is -0.360 e. The number of hydrogen-bond acceptors (Lipinski definition) is 5. The van der Waals surface area contributed by atoms with Gasteiger partial charge in [-0.15, -0.1) is 0 Å². The third-order valence-electron chi connectivity index (χ3n) is 4.52. The molecule has 0 aliphatic carbocycles. The van der Waals surface area contributed by atoms with Crippen LogP contribution in [0.1, 0.15) is 38.4 Å². The number of aryl methyl sites for hydroxylation is 1. The first-order valence-corrected chi connectivity index (χ1v) is 7.82. The molecule has 3 rings (SSSR count). The lowest BCUT2D eigenvalue weighted by Gasteiger charge is -2.36. The second-order valence-corrected chi connectivity index (χ2v) is 6.39. The molecule has 0 radical (unpaired) electrons. The quantitative estimate of drug-likeness (QED) is 0.908. The lowest BCUT2D eigenvalue weighted by atomic mass is 9.91. The summed E-state index contributed by atoms with van der Waals surface area (Å²) in [4.78, 5) is 7.06. The zero-order valence-corrected chi connectivity index (χ0v) is 12.0. The van der Waals surface area contributed by atoms with Gasteiger partial charge in [0.25, 0.3) is 0 Å². The number of fused-ring (bicyclic) bond motifs is 2. The van der Waals surface area contributed by atoms with Gasteiger partial charge in [-0.2, -0.15) is 4.37 Å². The second kappa shape index (κ2) is 5.13. The van der Waals surface area contributed by atoms with Crippen molar-refractivity contribution in [3.8, 4) is 0 Å². The molecular formula is C13H22N4S. The third-order valence-corrected chi connectivity index (χ3v) is 5.23. The molecule has 1 N–H and O–H groups in total. The van der Waals surface area contributed by atoms with Gasteiger partial charge in [0.1, 0.15) is 5.82 Å². The smallest absolute Gasteiger partial charge is 0.202 e. The zero-order valence-electron chi connectivity index (χ0n) is 11.2. The molecule has 0 saturated carbocycles. The molecule has 18 heavy (non-hydrogen) atoms. The molecule has 3 heterocycles. The van der Waals surface area contributed by atoms with Crippen molar-refractivity contribution in [1.29, 1.82) is 0 Å². The molecule has 1 aromatic rings. The summed E-state index contributed by atoms with van der Waals surface area (Å²) < 4.78 is 4.31. The fourth-order valence-electron chi connectivity index (χ4n) is 3.39. The standard InChI is InChI=1S/C13H22N4S/c1-3-12-15-13(18-16-12)14-8-9-6-10-4-5-11(7-9)17(10)2/h9-11H,3-8H2,1-2H3,(H,14,15,16). The molecule has 2 fully saturated rings. The van der Waals surface area contributed by atoms with Crippen molar-refractivity contribution in [2.45, 2.75) is 51.1 Å². The number of rotatable bonds is 4. The number of anilines is 1. The van der Waals surface area contributed by atoms with Crippen LogP contribution in [0.15, 0.2) is 0 Å². The van der Waals surface area contributed by atoms with E-state index in [9.17, 15) is 0 Å². The largest absolute Gasteiger partial charge is 0.360 e. The molecule has 2 atom stereocenters. The maximum absolute atomic E-state index is 4.47. The molecule has 2 unspecified atom stereocenters. The van der Waals surface area contributed by atoms with Crippen LogP contribution in [0.25, 0.3) is 0 Å². The first-order chi connectivity index (χ1) is 8.76. The highest BCUT2D eigenvalue weighted by Crippen LogP contribution is 2.37. The monoisotopic (exact) mass is 266 g/mol. The Morgan fingerprint density at radius 2 is 2.06 bits per heavy atom. The summed E-state index contributed by atoms with van der Waals surface area (Å²) in [6.07, 6.45) is 6.42. The highest BCUT2D eigenvalue weighted by Gasteiger charge is 2.38. The van der Waals surface area contributed by atoms with Crippen LogP contribution in [0.2, 0.25) is 0 Å². The van der Waals surface area contributed by atoms with Gasteiger partial charge in [0, 0.05) is 36.6 Å². The number of aromatic nitrogens is 2. The van der Waals surface area contributed by atoms with Crippen LogP contribution in [-0.2, 0) is 6.42 Å². The molecule has 0 aromatic carbocycles. The van der Waals surface area contributed by atoms with Gasteiger partial charge in [-0.3, -0.25) is 0 Å². The summed E-state index contributed by atoms with van der Waals surface area (Å²) in [5.41, 5.74) is 0. The van der Waals surface area contributed by atoms with Gasteiger partial charge < -0.3 is 10.2 Å². The molecule has 1 aromatic heterocycles. The van der Waals surface area contributed by atoms with Gasteiger partial charge in [0.2, 0.25) is 5.13 Å². The van der Waals surface area contributed by atoms with E-state index in [2.05, 4.69) is 33.5 Å². The maximum atomic E-state index is 4.47. The van der Waals surface area contributed by atoms with Crippen LogP contribution in [-0.4, -0.2) is 39.9 Å². The zero-order chi connectivity index (χ0) is 12.5. The molecule has 100 valence electrons. The van der Waals surface area contributed by atoms with E-state index in [0.29, 0.717) is 0 Å². The molecule has 4 nitrogen and oxygen atoms in total. The van der Waals surface area contributed by atoms with E-state index in [1.807, 2.05) is 0 Å². The predicted molar refractivity (Wildman–Crippen MR) is 75.1 cm³/mol. The van der Waals surface area contributed by atoms with E-state index in [1.54, 1.807) is 0 Å². The molecule has 0 amide bonds. The average molecular weight is 266 g/mol. The number of hydrogen-bond donors (Lipinski definition) is 1. The highest BCUT2D eigenvalue weighted by atomic mass is 32.1. The van der Waals surface area contributed by atoms with Crippen LogP contribution in [0.4, 0.5) is 5.13 Å². The molecule has 2 saturated heterocycles. The Balaban J connectivity index is 1.52. The summed E-state index contributed by atoms with van der Waals surface area (Å²) in [6.45, 7) is 3.17. The van der Waals surface area contributed by atoms with Crippen molar-refractivity contribution in [2.24, 2.45) is 5.92 Å². The number of nitrogens with zero attached hydrogens (tertiary/aromatic N) is 3. The van der Waals surface area contributed by atoms with Crippen LogP contribution >= 0.6 is 11.5 Å². The Bertz CT molecular complexity index is 391. The Kier molecular flexibility index (Phi) is 3.52. The van der Waals surface area contributed by atoms with Crippen molar-refractivity contribution in [3.05, 3.63) is 5.82 Å². The van der Waals surface area contributed by atoms with Crippen LogP contribution in [0.5, 0.6) is 0 Å². The van der Waals surface area contributed by atoms with Crippen molar-refractivity contribution in [3.63, 3.8) is 0 Å². The van der Waals surface area contributed by atoms with Gasteiger partial charge in [0.15, 0.2) is 0 Å². The Morgan fingerprint density at radius 3 is 2.67 bits per heavy atom. The highest BCUT2D eigenvalue weighted by molar-refractivity contribution is 7.09. The minimum absolute atomic E-state index is 0.813. The van der Waals surface area contributed by atoms with E-state index >= 15 is 0 Å². The third kappa shape index (κ3) is 2.38. The summed E-state index contributed by atoms with van der Waals surface area (Å²) in [5.74, 6) is 1.78. The van der Waals surface area contributed by atoms with Crippen LogP contribution in [0.3, 0.4) is 0 Å². The van der Waals surface area contributed by atoms with Gasteiger partial charge >= 0.3 is 0 Å². The lowest BCUT2D eigenvalue weighted by Crippen LogP contribution is -2.41. The topological polar surface area (TPSA) is 41.1 Å².